The Labute approximate surface area is 151 Å². The topological polar surface area (TPSA) is 69.6 Å². The minimum Gasteiger partial charge on any atom is -0.493 e. The number of pyridine rings is 1. The fraction of sp³-hybridized carbons (Fsp3) is 0.316. The van der Waals surface area contributed by atoms with Crippen LogP contribution in [0.25, 0.3) is 10.9 Å². The summed E-state index contributed by atoms with van der Waals surface area (Å²) in [4.78, 5) is 15.1. The van der Waals surface area contributed by atoms with Crippen molar-refractivity contribution in [1.82, 2.24) is 15.0 Å². The normalized spacial score (nSPS) is 14.2. The van der Waals surface area contributed by atoms with Gasteiger partial charge in [0.25, 0.3) is 0 Å². The largest absolute Gasteiger partial charge is 0.493 e. The van der Waals surface area contributed by atoms with E-state index in [-0.39, 0.29) is 0 Å². The Kier molecular flexibility index (Phi) is 4.43. The fourth-order valence-corrected chi connectivity index (χ4v) is 3.12. The maximum absolute atomic E-state index is 5.79. The standard InChI is InChI=1S/C19H20N4O3/c1-24-17-6-15-16(7-18(17)25-2)21-12-22-19(15)23-9-13(10-23)11-26-14-4-3-5-20-8-14/h3-8,12-13H,9-11H2,1-2H3. The molecule has 1 fully saturated rings. The lowest BCUT2D eigenvalue weighted by atomic mass is 10.0. The third-order valence-electron chi connectivity index (χ3n) is 4.50. The maximum atomic E-state index is 5.79. The van der Waals surface area contributed by atoms with Gasteiger partial charge in [-0.05, 0) is 18.2 Å². The Hall–Kier alpha value is -3.09. The van der Waals surface area contributed by atoms with Crippen LogP contribution >= 0.6 is 0 Å². The molecule has 26 heavy (non-hydrogen) atoms. The second-order valence-corrected chi connectivity index (χ2v) is 6.19. The second-order valence-electron chi connectivity index (χ2n) is 6.19. The zero-order chi connectivity index (χ0) is 17.9. The highest BCUT2D eigenvalue weighted by molar-refractivity contribution is 5.92. The molecule has 0 N–H and O–H groups in total. The number of methoxy groups -OCH3 is 2. The monoisotopic (exact) mass is 352 g/mol. The summed E-state index contributed by atoms with van der Waals surface area (Å²) < 4.78 is 16.6. The van der Waals surface area contributed by atoms with Crippen LogP contribution in [-0.2, 0) is 0 Å². The lowest BCUT2D eigenvalue weighted by molar-refractivity contribution is 0.219. The Morgan fingerprint density at radius 1 is 1.12 bits per heavy atom. The highest BCUT2D eigenvalue weighted by atomic mass is 16.5. The Morgan fingerprint density at radius 2 is 1.92 bits per heavy atom. The van der Waals surface area contributed by atoms with Crippen LogP contribution in [0.5, 0.6) is 17.2 Å². The van der Waals surface area contributed by atoms with E-state index in [4.69, 9.17) is 14.2 Å². The zero-order valence-electron chi connectivity index (χ0n) is 14.8. The van der Waals surface area contributed by atoms with E-state index in [0.29, 0.717) is 24.0 Å². The molecule has 0 bridgehead atoms. The molecule has 1 aliphatic heterocycles. The van der Waals surface area contributed by atoms with Crippen LogP contribution in [0.3, 0.4) is 0 Å². The van der Waals surface area contributed by atoms with Crippen LogP contribution in [-0.4, -0.2) is 48.9 Å². The first kappa shape index (κ1) is 16.4. The maximum Gasteiger partial charge on any atom is 0.162 e. The minimum atomic E-state index is 0.459. The van der Waals surface area contributed by atoms with Gasteiger partial charge in [0.2, 0.25) is 0 Å². The van der Waals surface area contributed by atoms with Gasteiger partial charge in [-0.15, -0.1) is 0 Å². The first-order chi connectivity index (χ1) is 12.8. The van der Waals surface area contributed by atoms with Crippen molar-refractivity contribution in [3.63, 3.8) is 0 Å². The predicted octanol–water partition coefficient (Wildman–Crippen LogP) is 2.56. The molecule has 0 amide bonds. The minimum absolute atomic E-state index is 0.459. The first-order valence-corrected chi connectivity index (χ1v) is 8.43. The van der Waals surface area contributed by atoms with Gasteiger partial charge in [0.15, 0.2) is 11.5 Å². The summed E-state index contributed by atoms with van der Waals surface area (Å²) >= 11 is 0. The second kappa shape index (κ2) is 7.03. The van der Waals surface area contributed by atoms with E-state index in [1.165, 1.54) is 0 Å². The van der Waals surface area contributed by atoms with Crippen molar-refractivity contribution in [2.24, 2.45) is 5.92 Å². The average molecular weight is 352 g/mol. The third-order valence-corrected chi connectivity index (χ3v) is 4.50. The van der Waals surface area contributed by atoms with Gasteiger partial charge in [-0.3, -0.25) is 4.98 Å². The molecule has 0 saturated carbocycles. The van der Waals surface area contributed by atoms with E-state index in [1.807, 2.05) is 24.3 Å². The number of fused-ring (bicyclic) bond motifs is 1. The summed E-state index contributed by atoms with van der Waals surface area (Å²) in [7, 11) is 3.25. The molecule has 4 rings (SSSR count). The molecule has 0 spiro atoms. The zero-order valence-corrected chi connectivity index (χ0v) is 14.8. The van der Waals surface area contributed by atoms with Gasteiger partial charge < -0.3 is 19.1 Å². The number of aromatic nitrogens is 3. The predicted molar refractivity (Wildman–Crippen MR) is 98.1 cm³/mol. The van der Waals surface area contributed by atoms with Gasteiger partial charge in [0.05, 0.1) is 32.5 Å². The van der Waals surface area contributed by atoms with Gasteiger partial charge in [0, 0.05) is 36.7 Å². The van der Waals surface area contributed by atoms with Gasteiger partial charge in [-0.25, -0.2) is 9.97 Å². The van der Waals surface area contributed by atoms with Crippen molar-refractivity contribution >= 4 is 16.7 Å². The smallest absolute Gasteiger partial charge is 0.162 e. The fourth-order valence-electron chi connectivity index (χ4n) is 3.12. The Morgan fingerprint density at radius 3 is 2.65 bits per heavy atom. The summed E-state index contributed by atoms with van der Waals surface area (Å²) in [6.45, 7) is 2.45. The highest BCUT2D eigenvalue weighted by Gasteiger charge is 2.30. The van der Waals surface area contributed by atoms with Gasteiger partial charge in [0.1, 0.15) is 17.9 Å². The van der Waals surface area contributed by atoms with E-state index in [2.05, 4.69) is 19.9 Å². The van der Waals surface area contributed by atoms with E-state index in [9.17, 15) is 0 Å². The van der Waals surface area contributed by atoms with E-state index >= 15 is 0 Å². The van der Waals surface area contributed by atoms with Crippen molar-refractivity contribution in [3.8, 4) is 17.2 Å². The number of benzene rings is 1. The third kappa shape index (κ3) is 3.08. The number of nitrogens with zero attached hydrogens (tertiary/aromatic N) is 4. The van der Waals surface area contributed by atoms with Crippen LogP contribution in [0.15, 0.2) is 43.0 Å². The lowest BCUT2D eigenvalue weighted by Gasteiger charge is -2.40. The number of anilines is 1. The molecule has 3 heterocycles. The molecule has 0 atom stereocenters. The highest BCUT2D eigenvalue weighted by Crippen LogP contribution is 2.36. The van der Waals surface area contributed by atoms with Crippen LogP contribution in [0.4, 0.5) is 5.82 Å². The first-order valence-electron chi connectivity index (χ1n) is 8.43. The van der Waals surface area contributed by atoms with Crippen LogP contribution in [0, 0.1) is 5.92 Å². The summed E-state index contributed by atoms with van der Waals surface area (Å²) in [5.41, 5.74) is 0.836. The quantitative estimate of drug-likeness (QED) is 0.675. The van der Waals surface area contributed by atoms with Crippen LogP contribution in [0.1, 0.15) is 0 Å². The summed E-state index contributed by atoms with van der Waals surface area (Å²) in [5, 5.41) is 0.955. The molecule has 2 aromatic heterocycles. The van der Waals surface area contributed by atoms with Crippen LogP contribution in [0.2, 0.25) is 0 Å². The Bertz CT molecular complexity index is 898. The van der Waals surface area contributed by atoms with Gasteiger partial charge in [-0.1, -0.05) is 0 Å². The SMILES string of the molecule is COc1cc2ncnc(N3CC(COc4cccnc4)C3)c2cc1OC. The molecule has 3 aromatic rings. The molecule has 1 saturated heterocycles. The van der Waals surface area contributed by atoms with Crippen molar-refractivity contribution < 1.29 is 14.2 Å². The number of rotatable bonds is 6. The number of hydrogen-bond donors (Lipinski definition) is 0. The Balaban J connectivity index is 1.48. The molecule has 0 unspecified atom stereocenters. The molecule has 1 aromatic carbocycles. The van der Waals surface area contributed by atoms with Crippen LogP contribution < -0.4 is 19.1 Å². The molecule has 0 aliphatic carbocycles. The van der Waals surface area contributed by atoms with Gasteiger partial charge >= 0.3 is 0 Å². The molecule has 0 radical (unpaired) electrons. The van der Waals surface area contributed by atoms with Crippen molar-refractivity contribution in [1.29, 1.82) is 0 Å². The van der Waals surface area contributed by atoms with E-state index in [0.717, 1.165) is 35.6 Å². The molecule has 1 aliphatic rings. The van der Waals surface area contributed by atoms with E-state index < -0.39 is 0 Å². The van der Waals surface area contributed by atoms with Crippen molar-refractivity contribution in [2.75, 3.05) is 38.8 Å². The summed E-state index contributed by atoms with van der Waals surface area (Å²) in [5.74, 6) is 3.51. The summed E-state index contributed by atoms with van der Waals surface area (Å²) in [6.07, 6.45) is 5.05. The molecular formula is C19H20N4O3. The number of ether oxygens (including phenoxy) is 3. The van der Waals surface area contributed by atoms with Crippen molar-refractivity contribution in [2.45, 2.75) is 0 Å². The molecular weight excluding hydrogens is 332 g/mol. The van der Waals surface area contributed by atoms with Crippen molar-refractivity contribution in [3.05, 3.63) is 43.0 Å². The summed E-state index contributed by atoms with van der Waals surface area (Å²) in [6, 6.07) is 7.60. The van der Waals surface area contributed by atoms with Gasteiger partial charge in [-0.2, -0.15) is 0 Å². The molecule has 134 valence electrons. The molecule has 7 heteroatoms. The number of hydrogen-bond acceptors (Lipinski definition) is 7. The van der Waals surface area contributed by atoms with E-state index in [1.54, 1.807) is 32.9 Å². The lowest BCUT2D eigenvalue weighted by Crippen LogP contribution is -2.49. The average Bonchev–Trinajstić information content (AvgIpc) is 2.66. The molecule has 7 nitrogen and oxygen atoms in total.